The molecule has 0 aliphatic carbocycles. The molecule has 0 spiro atoms. The minimum absolute atomic E-state index is 0.481. The van der Waals surface area contributed by atoms with Gasteiger partial charge in [-0.05, 0) is 50.2 Å². The second-order valence-corrected chi connectivity index (χ2v) is 7.79. The summed E-state index contributed by atoms with van der Waals surface area (Å²) in [5, 5.41) is 0.920. The third kappa shape index (κ3) is 4.58. The molecule has 2 aromatic carbocycles. The summed E-state index contributed by atoms with van der Waals surface area (Å²) < 4.78 is 16.9. The summed E-state index contributed by atoms with van der Waals surface area (Å²) in [4.78, 5) is 11.7. The molecule has 154 valence electrons. The molecular formula is C23H23N3O3S. The molecule has 0 fully saturated rings. The zero-order valence-corrected chi connectivity index (χ0v) is 18.0. The van der Waals surface area contributed by atoms with Crippen molar-refractivity contribution in [2.45, 2.75) is 18.7 Å². The quantitative estimate of drug-likeness (QED) is 0.267. The number of anilines is 2. The van der Waals surface area contributed by atoms with Gasteiger partial charge in [-0.25, -0.2) is 9.97 Å². The number of ether oxygens (including phenoxy) is 1. The van der Waals surface area contributed by atoms with Crippen LogP contribution in [0.4, 0.5) is 11.5 Å². The first-order valence-corrected chi connectivity index (χ1v) is 10.4. The van der Waals surface area contributed by atoms with Crippen molar-refractivity contribution in [2.75, 3.05) is 25.2 Å². The fourth-order valence-electron chi connectivity index (χ4n) is 3.04. The Kier molecular flexibility index (Phi) is 6.21. The van der Waals surface area contributed by atoms with Crippen LogP contribution in [-0.2, 0) is 4.18 Å². The van der Waals surface area contributed by atoms with Crippen LogP contribution in [0.15, 0.2) is 70.4 Å². The van der Waals surface area contributed by atoms with Gasteiger partial charge in [0.2, 0.25) is 5.71 Å². The Morgan fingerprint density at radius 3 is 2.50 bits per heavy atom. The Hall–Kier alpha value is -3.03. The van der Waals surface area contributed by atoms with Gasteiger partial charge in [0.25, 0.3) is 0 Å². The van der Waals surface area contributed by atoms with Crippen LogP contribution < -0.4 is 9.64 Å². The molecule has 0 saturated carbocycles. The number of benzene rings is 2. The fraction of sp³-hybridized carbons (Fsp3) is 0.217. The molecule has 30 heavy (non-hydrogen) atoms. The summed E-state index contributed by atoms with van der Waals surface area (Å²) in [5.74, 6) is 1.60. The van der Waals surface area contributed by atoms with Crippen molar-refractivity contribution in [2.24, 2.45) is 0 Å². The van der Waals surface area contributed by atoms with E-state index in [1.807, 2.05) is 55.3 Å². The van der Waals surface area contributed by atoms with Crippen LogP contribution in [0.5, 0.6) is 5.75 Å². The summed E-state index contributed by atoms with van der Waals surface area (Å²) in [7, 11) is 1.97. The molecule has 2 aromatic heterocycles. The number of hydrogen-bond acceptors (Lipinski definition) is 7. The molecule has 0 aliphatic rings. The van der Waals surface area contributed by atoms with Crippen LogP contribution in [-0.4, -0.2) is 30.2 Å². The van der Waals surface area contributed by atoms with Crippen molar-refractivity contribution >= 4 is 34.6 Å². The predicted molar refractivity (Wildman–Crippen MR) is 120 cm³/mol. The van der Waals surface area contributed by atoms with Gasteiger partial charge in [-0.15, -0.1) is 0 Å². The second kappa shape index (κ2) is 9.19. The van der Waals surface area contributed by atoms with Crippen molar-refractivity contribution < 1.29 is 13.3 Å². The van der Waals surface area contributed by atoms with E-state index < -0.39 is 0 Å². The van der Waals surface area contributed by atoms with Gasteiger partial charge in [-0.3, -0.25) is 0 Å². The molecule has 0 saturated heterocycles. The average Bonchev–Trinajstić information content (AvgIpc) is 3.16. The van der Waals surface area contributed by atoms with Crippen LogP contribution >= 0.6 is 12.0 Å². The van der Waals surface area contributed by atoms with Crippen LogP contribution in [0.2, 0.25) is 0 Å². The van der Waals surface area contributed by atoms with Gasteiger partial charge in [0.15, 0.2) is 0 Å². The molecular weight excluding hydrogens is 398 g/mol. The Morgan fingerprint density at radius 2 is 1.73 bits per heavy atom. The van der Waals surface area contributed by atoms with Crippen LogP contribution in [0.1, 0.15) is 11.1 Å². The number of nitrogens with zero attached hydrogens (tertiary/aromatic N) is 3. The first-order chi connectivity index (χ1) is 14.6. The minimum Gasteiger partial charge on any atom is -0.491 e. The molecule has 0 atom stereocenters. The molecule has 0 amide bonds. The summed E-state index contributed by atoms with van der Waals surface area (Å²) in [6.45, 7) is 5.04. The molecule has 0 unspecified atom stereocenters. The van der Waals surface area contributed by atoms with Gasteiger partial charge in [0, 0.05) is 35.2 Å². The summed E-state index contributed by atoms with van der Waals surface area (Å²) in [5.41, 5.74) is 3.83. The molecule has 2 heterocycles. The maximum Gasteiger partial charge on any atom is 0.231 e. The van der Waals surface area contributed by atoms with E-state index in [4.69, 9.17) is 13.3 Å². The van der Waals surface area contributed by atoms with Crippen molar-refractivity contribution in [1.29, 1.82) is 0 Å². The Morgan fingerprint density at radius 1 is 0.967 bits per heavy atom. The lowest BCUT2D eigenvalue weighted by molar-refractivity contribution is 0.239. The van der Waals surface area contributed by atoms with Gasteiger partial charge in [0.05, 0.1) is 18.3 Å². The van der Waals surface area contributed by atoms with Gasteiger partial charge in [0.1, 0.15) is 24.5 Å². The van der Waals surface area contributed by atoms with E-state index in [-0.39, 0.29) is 0 Å². The number of furan rings is 1. The molecule has 0 N–H and O–H groups in total. The van der Waals surface area contributed by atoms with E-state index in [0.29, 0.717) is 18.9 Å². The zero-order chi connectivity index (χ0) is 20.9. The monoisotopic (exact) mass is 421 g/mol. The number of hydrogen-bond donors (Lipinski definition) is 0. The highest BCUT2D eigenvalue weighted by atomic mass is 32.2. The molecule has 7 heteroatoms. The highest BCUT2D eigenvalue weighted by molar-refractivity contribution is 7.94. The Balaban J connectivity index is 1.31. The Bertz CT molecular complexity index is 1110. The number of aryl methyl sites for hydroxylation is 2. The molecule has 4 aromatic rings. The summed E-state index contributed by atoms with van der Waals surface area (Å²) >= 11 is 1.36. The SMILES string of the molecule is Cc1ccc(SOCCOc2ccc(N(C)c3ncnc4occ(C)c34)cc2)cc1. The third-order valence-corrected chi connectivity index (χ3v) is 5.44. The summed E-state index contributed by atoms with van der Waals surface area (Å²) in [6, 6.07) is 16.1. The normalized spacial score (nSPS) is 11.0. The van der Waals surface area contributed by atoms with Crippen LogP contribution in [0.3, 0.4) is 0 Å². The van der Waals surface area contributed by atoms with Crippen LogP contribution in [0, 0.1) is 13.8 Å². The van der Waals surface area contributed by atoms with Crippen molar-refractivity contribution in [3.05, 3.63) is 72.2 Å². The van der Waals surface area contributed by atoms with Gasteiger partial charge in [-0.2, -0.15) is 0 Å². The predicted octanol–water partition coefficient (Wildman–Crippen LogP) is 5.71. The fourth-order valence-corrected chi connectivity index (χ4v) is 3.57. The van der Waals surface area contributed by atoms with Crippen molar-refractivity contribution in [3.8, 4) is 5.75 Å². The van der Waals surface area contributed by atoms with Crippen molar-refractivity contribution in [3.63, 3.8) is 0 Å². The van der Waals surface area contributed by atoms with Crippen LogP contribution in [0.25, 0.3) is 11.1 Å². The van der Waals surface area contributed by atoms with Gasteiger partial charge < -0.3 is 18.2 Å². The van der Waals surface area contributed by atoms with E-state index in [0.717, 1.165) is 33.1 Å². The Labute approximate surface area is 180 Å². The van der Waals surface area contributed by atoms with Crippen molar-refractivity contribution in [1.82, 2.24) is 9.97 Å². The molecule has 6 nitrogen and oxygen atoms in total. The lowest BCUT2D eigenvalue weighted by Gasteiger charge is -2.19. The lowest BCUT2D eigenvalue weighted by atomic mass is 10.2. The second-order valence-electron chi connectivity index (χ2n) is 6.92. The minimum atomic E-state index is 0.481. The number of fused-ring (bicyclic) bond motifs is 1. The van der Waals surface area contributed by atoms with Gasteiger partial charge >= 0.3 is 0 Å². The van der Waals surface area contributed by atoms with E-state index in [9.17, 15) is 0 Å². The third-order valence-electron chi connectivity index (χ3n) is 4.69. The zero-order valence-electron chi connectivity index (χ0n) is 17.2. The first-order valence-electron chi connectivity index (χ1n) is 9.63. The maximum absolute atomic E-state index is 5.78. The highest BCUT2D eigenvalue weighted by Crippen LogP contribution is 2.31. The molecule has 4 rings (SSSR count). The van der Waals surface area contributed by atoms with E-state index in [2.05, 4.69) is 29.0 Å². The standard InChI is InChI=1S/C23H23N3O3S/c1-16-4-10-20(11-5-16)30-29-13-12-27-19-8-6-18(7-9-19)26(3)22-21-17(2)14-28-23(21)25-15-24-22/h4-11,14-15H,12-13H2,1-3H3. The maximum atomic E-state index is 5.78. The molecule has 0 aliphatic heterocycles. The molecule has 0 bridgehead atoms. The average molecular weight is 422 g/mol. The van der Waals surface area contributed by atoms with E-state index >= 15 is 0 Å². The summed E-state index contributed by atoms with van der Waals surface area (Å²) in [6.07, 6.45) is 3.22. The van der Waals surface area contributed by atoms with E-state index in [1.54, 1.807) is 6.26 Å². The first kappa shape index (κ1) is 20.3. The van der Waals surface area contributed by atoms with E-state index in [1.165, 1.54) is 23.9 Å². The highest BCUT2D eigenvalue weighted by Gasteiger charge is 2.15. The number of rotatable bonds is 8. The van der Waals surface area contributed by atoms with Gasteiger partial charge in [-0.1, -0.05) is 17.7 Å². The molecule has 0 radical (unpaired) electrons. The topological polar surface area (TPSA) is 60.6 Å². The lowest BCUT2D eigenvalue weighted by Crippen LogP contribution is -2.12. The smallest absolute Gasteiger partial charge is 0.231 e. The largest absolute Gasteiger partial charge is 0.491 e. The number of aromatic nitrogens is 2.